The van der Waals surface area contributed by atoms with Gasteiger partial charge in [-0.25, -0.2) is 0 Å². The molecule has 0 aromatic carbocycles. The van der Waals surface area contributed by atoms with Gasteiger partial charge in [0, 0.05) is 12.8 Å². The van der Waals surface area contributed by atoms with E-state index in [0.717, 1.165) is 0 Å². The molecule has 0 unspecified atom stereocenters. The summed E-state index contributed by atoms with van der Waals surface area (Å²) in [6.07, 6.45) is 3.87. The SMILES string of the molecule is N=CCCOCOCCC=N. The van der Waals surface area contributed by atoms with Crippen LogP contribution in [0.25, 0.3) is 0 Å². The van der Waals surface area contributed by atoms with Crippen molar-refractivity contribution in [2.24, 2.45) is 0 Å². The molecular formula is C7H14N2O2. The van der Waals surface area contributed by atoms with Gasteiger partial charge < -0.3 is 20.3 Å². The molecule has 0 bridgehead atoms. The largest absolute Gasteiger partial charge is 0.355 e. The maximum absolute atomic E-state index is 6.67. The summed E-state index contributed by atoms with van der Waals surface area (Å²) in [4.78, 5) is 0. The monoisotopic (exact) mass is 158 g/mol. The van der Waals surface area contributed by atoms with Crippen molar-refractivity contribution >= 4 is 12.4 Å². The molecule has 11 heavy (non-hydrogen) atoms. The van der Waals surface area contributed by atoms with Gasteiger partial charge in [-0.2, -0.15) is 0 Å². The molecule has 0 spiro atoms. The van der Waals surface area contributed by atoms with E-state index in [2.05, 4.69) is 0 Å². The van der Waals surface area contributed by atoms with Crippen molar-refractivity contribution in [2.75, 3.05) is 20.0 Å². The molecule has 4 heteroatoms. The van der Waals surface area contributed by atoms with Gasteiger partial charge in [0.05, 0.1) is 13.2 Å². The zero-order valence-corrected chi connectivity index (χ0v) is 6.51. The molecule has 0 atom stereocenters. The molecule has 0 aliphatic heterocycles. The fourth-order valence-corrected chi connectivity index (χ4v) is 0.461. The average Bonchev–Trinajstić information content (AvgIpc) is 2.03. The van der Waals surface area contributed by atoms with Crippen LogP contribution in [0.1, 0.15) is 12.8 Å². The van der Waals surface area contributed by atoms with Crippen molar-refractivity contribution in [3.05, 3.63) is 0 Å². The van der Waals surface area contributed by atoms with Crippen LogP contribution in [0.15, 0.2) is 0 Å². The first kappa shape index (κ1) is 10.3. The molecule has 0 fully saturated rings. The van der Waals surface area contributed by atoms with Gasteiger partial charge in [-0.15, -0.1) is 0 Å². The van der Waals surface area contributed by atoms with Crippen LogP contribution in [-0.4, -0.2) is 32.4 Å². The summed E-state index contributed by atoms with van der Waals surface area (Å²) in [6.45, 7) is 1.34. The summed E-state index contributed by atoms with van der Waals surface area (Å²) in [6, 6.07) is 0. The summed E-state index contributed by atoms with van der Waals surface area (Å²) in [5.41, 5.74) is 0. The maximum Gasteiger partial charge on any atom is 0.146 e. The minimum atomic E-state index is 0.266. The van der Waals surface area contributed by atoms with Crippen LogP contribution in [0.3, 0.4) is 0 Å². The molecule has 0 rings (SSSR count). The minimum Gasteiger partial charge on any atom is -0.355 e. The molecule has 0 aliphatic rings. The Morgan fingerprint density at radius 2 is 1.36 bits per heavy atom. The van der Waals surface area contributed by atoms with Gasteiger partial charge in [-0.3, -0.25) is 0 Å². The molecular weight excluding hydrogens is 144 g/mol. The predicted molar refractivity (Wildman–Crippen MR) is 43.6 cm³/mol. The van der Waals surface area contributed by atoms with Gasteiger partial charge in [0.25, 0.3) is 0 Å². The van der Waals surface area contributed by atoms with E-state index in [4.69, 9.17) is 20.3 Å². The lowest BCUT2D eigenvalue weighted by Crippen LogP contribution is -2.03. The van der Waals surface area contributed by atoms with E-state index in [0.29, 0.717) is 26.1 Å². The Hall–Kier alpha value is -0.740. The van der Waals surface area contributed by atoms with Gasteiger partial charge in [-0.1, -0.05) is 0 Å². The number of rotatable bonds is 8. The van der Waals surface area contributed by atoms with Gasteiger partial charge in [-0.05, 0) is 12.4 Å². The topological polar surface area (TPSA) is 66.2 Å². The van der Waals surface area contributed by atoms with Crippen molar-refractivity contribution in [3.8, 4) is 0 Å². The predicted octanol–water partition coefficient (Wildman–Crippen LogP) is 1.06. The molecule has 2 N–H and O–H groups in total. The Labute approximate surface area is 66.5 Å². The highest BCUT2D eigenvalue weighted by Gasteiger charge is 1.85. The van der Waals surface area contributed by atoms with Crippen LogP contribution >= 0.6 is 0 Å². The van der Waals surface area contributed by atoms with E-state index >= 15 is 0 Å². The second kappa shape index (κ2) is 9.26. The van der Waals surface area contributed by atoms with Gasteiger partial charge in [0.2, 0.25) is 0 Å². The van der Waals surface area contributed by atoms with Gasteiger partial charge >= 0.3 is 0 Å². The Morgan fingerprint density at radius 1 is 0.909 bits per heavy atom. The Kier molecular flexibility index (Phi) is 8.64. The van der Waals surface area contributed by atoms with Crippen LogP contribution in [0.5, 0.6) is 0 Å². The molecule has 0 saturated heterocycles. The number of ether oxygens (including phenoxy) is 2. The first-order chi connectivity index (χ1) is 5.41. The highest BCUT2D eigenvalue weighted by atomic mass is 16.7. The first-order valence-electron chi connectivity index (χ1n) is 3.55. The standard InChI is InChI=1S/C7H14N2O2/c8-3-1-5-10-7-11-6-2-4-9/h3-4,8-9H,1-2,5-7H2. The Morgan fingerprint density at radius 3 is 1.73 bits per heavy atom. The van der Waals surface area contributed by atoms with Crippen LogP contribution < -0.4 is 0 Å². The first-order valence-corrected chi connectivity index (χ1v) is 3.55. The van der Waals surface area contributed by atoms with Crippen molar-refractivity contribution < 1.29 is 9.47 Å². The lowest BCUT2D eigenvalue weighted by molar-refractivity contribution is -0.0487. The molecule has 0 saturated carbocycles. The van der Waals surface area contributed by atoms with E-state index in [-0.39, 0.29) is 6.79 Å². The molecule has 0 amide bonds. The molecule has 0 radical (unpaired) electrons. The quantitative estimate of drug-likeness (QED) is 0.315. The van der Waals surface area contributed by atoms with E-state index in [1.54, 1.807) is 0 Å². The Balaban J connectivity index is 2.79. The summed E-state index contributed by atoms with van der Waals surface area (Å²) in [7, 11) is 0. The molecule has 0 aliphatic carbocycles. The fraction of sp³-hybridized carbons (Fsp3) is 0.714. The summed E-state index contributed by atoms with van der Waals surface area (Å²) < 4.78 is 9.94. The second-order valence-electron chi connectivity index (χ2n) is 1.92. The smallest absolute Gasteiger partial charge is 0.146 e. The van der Waals surface area contributed by atoms with E-state index < -0.39 is 0 Å². The van der Waals surface area contributed by atoms with E-state index in [1.165, 1.54) is 12.4 Å². The van der Waals surface area contributed by atoms with Crippen molar-refractivity contribution in [3.63, 3.8) is 0 Å². The third kappa shape index (κ3) is 9.26. The molecule has 4 nitrogen and oxygen atoms in total. The van der Waals surface area contributed by atoms with Crippen LogP contribution in [0, 0.1) is 10.8 Å². The molecule has 0 aromatic rings. The van der Waals surface area contributed by atoms with Crippen molar-refractivity contribution in [1.82, 2.24) is 0 Å². The fourth-order valence-electron chi connectivity index (χ4n) is 0.461. The maximum atomic E-state index is 6.67. The van der Waals surface area contributed by atoms with Gasteiger partial charge in [0.1, 0.15) is 6.79 Å². The average molecular weight is 158 g/mol. The normalized spacial score (nSPS) is 9.45. The number of nitrogens with one attached hydrogen (secondary N) is 2. The lowest BCUT2D eigenvalue weighted by atomic mass is 10.5. The van der Waals surface area contributed by atoms with E-state index in [9.17, 15) is 0 Å². The van der Waals surface area contributed by atoms with Crippen LogP contribution in [0.4, 0.5) is 0 Å². The van der Waals surface area contributed by atoms with Gasteiger partial charge in [0.15, 0.2) is 0 Å². The molecule has 0 aromatic heterocycles. The summed E-state index contributed by atoms with van der Waals surface area (Å²) in [5.74, 6) is 0. The zero-order valence-electron chi connectivity index (χ0n) is 6.51. The highest BCUT2D eigenvalue weighted by molar-refractivity contribution is 5.52. The highest BCUT2D eigenvalue weighted by Crippen LogP contribution is 1.82. The third-order valence-electron chi connectivity index (χ3n) is 0.980. The number of hydrogen-bond donors (Lipinski definition) is 2. The van der Waals surface area contributed by atoms with Crippen LogP contribution in [0.2, 0.25) is 0 Å². The summed E-state index contributed by atoms with van der Waals surface area (Å²) >= 11 is 0. The second-order valence-corrected chi connectivity index (χ2v) is 1.92. The Bertz CT molecular complexity index is 94.6. The van der Waals surface area contributed by atoms with Crippen molar-refractivity contribution in [2.45, 2.75) is 12.8 Å². The third-order valence-corrected chi connectivity index (χ3v) is 0.980. The van der Waals surface area contributed by atoms with Crippen LogP contribution in [-0.2, 0) is 9.47 Å². The summed E-state index contributed by atoms with van der Waals surface area (Å²) in [5, 5.41) is 13.3. The number of hydrogen-bond acceptors (Lipinski definition) is 4. The van der Waals surface area contributed by atoms with Crippen molar-refractivity contribution in [1.29, 1.82) is 10.8 Å². The zero-order chi connectivity index (χ0) is 8.36. The van der Waals surface area contributed by atoms with E-state index in [1.807, 2.05) is 0 Å². The molecule has 0 heterocycles. The minimum absolute atomic E-state index is 0.266. The lowest BCUT2D eigenvalue weighted by Gasteiger charge is -2.01. The molecule has 64 valence electrons.